The van der Waals surface area contributed by atoms with Crippen LogP contribution in [0.3, 0.4) is 0 Å². The lowest BCUT2D eigenvalue weighted by Gasteiger charge is -2.11. The lowest BCUT2D eigenvalue weighted by atomic mass is 10.2. The Morgan fingerprint density at radius 2 is 1.77 bits per heavy atom. The molecule has 31 heavy (non-hydrogen) atoms. The van der Waals surface area contributed by atoms with Crippen LogP contribution < -0.4 is 10.2 Å². The van der Waals surface area contributed by atoms with Crippen LogP contribution in [0.1, 0.15) is 11.1 Å². The maximum Gasteiger partial charge on any atom is 0.250 e. The van der Waals surface area contributed by atoms with E-state index in [2.05, 4.69) is 42.4 Å². The second kappa shape index (κ2) is 11.9. The molecule has 1 amide bonds. The zero-order chi connectivity index (χ0) is 22.2. The predicted molar refractivity (Wildman–Crippen MR) is 136 cm³/mol. The number of carbonyl (C=O) groups is 1. The summed E-state index contributed by atoms with van der Waals surface area (Å²) in [4.78, 5) is 12.9. The van der Waals surface area contributed by atoms with Crippen molar-refractivity contribution in [2.45, 2.75) is 11.5 Å². The Morgan fingerprint density at radius 1 is 1.06 bits per heavy atom. The van der Waals surface area contributed by atoms with Gasteiger partial charge in [0.2, 0.25) is 5.91 Å². The average Bonchev–Trinajstić information content (AvgIpc) is 2.74. The summed E-state index contributed by atoms with van der Waals surface area (Å²) in [6.07, 6.45) is 1.53. The molecule has 0 aromatic heterocycles. The third-order valence-corrected chi connectivity index (χ3v) is 6.57. The Balaban J connectivity index is 1.52. The molecular weight excluding hydrogens is 587 g/mol. The third kappa shape index (κ3) is 7.84. The highest BCUT2D eigenvalue weighted by Crippen LogP contribution is 2.34. The van der Waals surface area contributed by atoms with Gasteiger partial charge in [0.1, 0.15) is 6.61 Å². The van der Waals surface area contributed by atoms with E-state index < -0.39 is 0 Å². The number of hydrogen-bond donors (Lipinski definition) is 1. The van der Waals surface area contributed by atoms with Gasteiger partial charge < -0.3 is 4.74 Å². The van der Waals surface area contributed by atoms with E-state index >= 15 is 0 Å². The smallest absolute Gasteiger partial charge is 0.250 e. The third-order valence-electron chi connectivity index (χ3n) is 3.90. The van der Waals surface area contributed by atoms with Gasteiger partial charge in [0.05, 0.1) is 21.5 Å². The van der Waals surface area contributed by atoms with Crippen LogP contribution in [0.4, 0.5) is 0 Å². The summed E-state index contributed by atoms with van der Waals surface area (Å²) >= 11 is 20.5. The van der Waals surface area contributed by atoms with Gasteiger partial charge in [0, 0.05) is 14.4 Å². The maximum absolute atomic E-state index is 12.0. The quantitative estimate of drug-likeness (QED) is 0.167. The van der Waals surface area contributed by atoms with Crippen molar-refractivity contribution in [3.63, 3.8) is 0 Å². The molecule has 0 radical (unpaired) electrons. The van der Waals surface area contributed by atoms with Crippen LogP contribution in [0.15, 0.2) is 79.6 Å². The lowest BCUT2D eigenvalue weighted by Crippen LogP contribution is -2.19. The minimum Gasteiger partial charge on any atom is -0.486 e. The first-order valence-electron chi connectivity index (χ1n) is 8.97. The zero-order valence-electron chi connectivity index (χ0n) is 15.9. The molecule has 0 aliphatic carbocycles. The van der Waals surface area contributed by atoms with Crippen molar-refractivity contribution >= 4 is 78.9 Å². The van der Waals surface area contributed by atoms with Crippen LogP contribution in [0.5, 0.6) is 5.75 Å². The Hall–Kier alpha value is -1.51. The summed E-state index contributed by atoms with van der Waals surface area (Å²) in [5.41, 5.74) is 4.25. The molecule has 3 aromatic carbocycles. The van der Waals surface area contributed by atoms with E-state index in [-0.39, 0.29) is 11.7 Å². The Kier molecular flexibility index (Phi) is 9.29. The van der Waals surface area contributed by atoms with Gasteiger partial charge in [-0.3, -0.25) is 4.79 Å². The molecule has 4 nitrogen and oxygen atoms in total. The van der Waals surface area contributed by atoms with E-state index in [1.807, 2.05) is 42.5 Å². The molecule has 0 heterocycles. The molecule has 3 aromatic rings. The topological polar surface area (TPSA) is 50.7 Å². The van der Waals surface area contributed by atoms with Crippen LogP contribution in [0.2, 0.25) is 10.0 Å². The summed E-state index contributed by atoms with van der Waals surface area (Å²) in [7, 11) is 0. The maximum atomic E-state index is 12.0. The van der Waals surface area contributed by atoms with Crippen molar-refractivity contribution in [1.82, 2.24) is 5.43 Å². The molecule has 0 fully saturated rings. The number of rotatable bonds is 8. The van der Waals surface area contributed by atoms with Crippen molar-refractivity contribution in [1.29, 1.82) is 0 Å². The summed E-state index contributed by atoms with van der Waals surface area (Å²) in [5.74, 6) is 0.577. The zero-order valence-corrected chi connectivity index (χ0v) is 21.4. The summed E-state index contributed by atoms with van der Waals surface area (Å²) in [5, 5.41) is 5.10. The van der Waals surface area contributed by atoms with Crippen LogP contribution in [0, 0.1) is 0 Å². The van der Waals surface area contributed by atoms with Gasteiger partial charge in [-0.15, -0.1) is 11.8 Å². The number of nitrogens with one attached hydrogen (secondary N) is 1. The van der Waals surface area contributed by atoms with Crippen LogP contribution in [0.25, 0.3) is 0 Å². The molecule has 0 aliphatic rings. The minimum atomic E-state index is -0.212. The van der Waals surface area contributed by atoms with E-state index in [1.165, 1.54) is 18.0 Å². The molecule has 0 spiro atoms. The van der Waals surface area contributed by atoms with Gasteiger partial charge in [0.15, 0.2) is 5.75 Å². The van der Waals surface area contributed by atoms with Crippen molar-refractivity contribution < 1.29 is 9.53 Å². The average molecular weight is 603 g/mol. The largest absolute Gasteiger partial charge is 0.486 e. The van der Waals surface area contributed by atoms with Crippen molar-refractivity contribution in [2.24, 2.45) is 5.10 Å². The predicted octanol–water partition coefficient (Wildman–Crippen LogP) is 7.34. The first-order chi connectivity index (χ1) is 14.9. The highest BCUT2D eigenvalue weighted by Gasteiger charge is 2.10. The monoisotopic (exact) mass is 600 g/mol. The number of nitrogens with zero attached hydrogens (tertiary/aromatic N) is 1. The lowest BCUT2D eigenvalue weighted by molar-refractivity contribution is -0.118. The summed E-state index contributed by atoms with van der Waals surface area (Å²) < 4.78 is 7.56. The number of halogens is 4. The summed E-state index contributed by atoms with van der Waals surface area (Å²) in [6.45, 7) is 0.389. The number of hydrogen-bond acceptors (Lipinski definition) is 4. The van der Waals surface area contributed by atoms with Crippen LogP contribution in [-0.2, 0) is 11.4 Å². The molecular formula is C22H16Br2Cl2N2O2S. The molecule has 1 N–H and O–H groups in total. The number of carbonyl (C=O) groups excluding carboxylic acids is 1. The van der Waals surface area contributed by atoms with E-state index in [0.29, 0.717) is 26.9 Å². The molecule has 0 aliphatic heterocycles. The van der Waals surface area contributed by atoms with E-state index in [1.54, 1.807) is 18.2 Å². The number of thioether (sulfide) groups is 1. The Bertz CT molecular complexity index is 1050. The highest BCUT2D eigenvalue weighted by molar-refractivity contribution is 9.10. The second-order valence-electron chi connectivity index (χ2n) is 6.26. The van der Waals surface area contributed by atoms with Gasteiger partial charge in [0.25, 0.3) is 0 Å². The van der Waals surface area contributed by atoms with E-state index in [4.69, 9.17) is 27.9 Å². The molecule has 160 valence electrons. The second-order valence-corrected chi connectivity index (χ2v) is 9.93. The molecule has 0 saturated heterocycles. The number of benzene rings is 3. The SMILES string of the molecule is O=C(CSc1ccc(Cl)cc1)N/N=C\c1cc(Cl)c(OCc2ccc(Br)cc2)c(Br)c1. The van der Waals surface area contributed by atoms with Crippen LogP contribution in [-0.4, -0.2) is 17.9 Å². The Labute approximate surface area is 211 Å². The van der Waals surface area contributed by atoms with Crippen molar-refractivity contribution in [3.05, 3.63) is 90.8 Å². The molecule has 9 heteroatoms. The van der Waals surface area contributed by atoms with Gasteiger partial charge in [-0.2, -0.15) is 5.10 Å². The first-order valence-corrected chi connectivity index (χ1v) is 12.3. The Morgan fingerprint density at radius 3 is 2.45 bits per heavy atom. The highest BCUT2D eigenvalue weighted by atomic mass is 79.9. The molecule has 3 rings (SSSR count). The van der Waals surface area contributed by atoms with Gasteiger partial charge in [-0.25, -0.2) is 5.43 Å². The van der Waals surface area contributed by atoms with Crippen LogP contribution >= 0.6 is 66.8 Å². The molecule has 0 bridgehead atoms. The molecule has 0 atom stereocenters. The molecule has 0 saturated carbocycles. The standard InChI is InChI=1S/C22H16Br2Cl2N2O2S/c23-16-3-1-14(2-4-16)12-30-22-19(24)9-15(10-20(22)26)11-27-28-21(29)13-31-18-7-5-17(25)6-8-18/h1-11H,12-13H2,(H,28,29)/b27-11-. The van der Waals surface area contributed by atoms with Crippen molar-refractivity contribution in [2.75, 3.05) is 5.75 Å². The van der Waals surface area contributed by atoms with Crippen molar-refractivity contribution in [3.8, 4) is 5.75 Å². The van der Waals surface area contributed by atoms with Gasteiger partial charge >= 0.3 is 0 Å². The molecule has 0 unspecified atom stereocenters. The number of ether oxygens (including phenoxy) is 1. The van der Waals surface area contributed by atoms with Gasteiger partial charge in [-0.05, 0) is 75.6 Å². The van der Waals surface area contributed by atoms with Gasteiger partial charge in [-0.1, -0.05) is 51.3 Å². The summed E-state index contributed by atoms with van der Waals surface area (Å²) in [6, 6.07) is 18.7. The minimum absolute atomic E-state index is 0.212. The fourth-order valence-electron chi connectivity index (χ4n) is 2.42. The number of amides is 1. The van der Waals surface area contributed by atoms with E-state index in [0.717, 1.165) is 20.5 Å². The first kappa shape index (κ1) is 24.1. The van der Waals surface area contributed by atoms with E-state index in [9.17, 15) is 4.79 Å². The fourth-order valence-corrected chi connectivity index (χ4v) is 4.49. The number of hydrazone groups is 1. The normalized spacial score (nSPS) is 11.0. The fraction of sp³-hybridized carbons (Fsp3) is 0.0909.